The minimum atomic E-state index is -0.572. The molecule has 0 aromatic rings. The van der Waals surface area contributed by atoms with Crippen molar-refractivity contribution < 1.29 is 28.5 Å². The fourth-order valence-corrected chi connectivity index (χ4v) is 1.91. The molecule has 3 atom stereocenters. The maximum absolute atomic E-state index is 11.1. The van der Waals surface area contributed by atoms with Gasteiger partial charge in [0.25, 0.3) is 0 Å². The van der Waals surface area contributed by atoms with Crippen molar-refractivity contribution in [3.05, 3.63) is 12.2 Å². The number of rotatable bonds is 8. The lowest BCUT2D eigenvalue weighted by molar-refractivity contribution is -0.197. The van der Waals surface area contributed by atoms with Gasteiger partial charge in [0.1, 0.15) is 18.8 Å². The highest BCUT2D eigenvalue weighted by molar-refractivity contribution is 5.66. The highest BCUT2D eigenvalue weighted by Gasteiger charge is 2.30. The number of hydrogen-bond acceptors (Lipinski definition) is 6. The van der Waals surface area contributed by atoms with Crippen LogP contribution in [0.1, 0.15) is 40.0 Å². The van der Waals surface area contributed by atoms with Crippen molar-refractivity contribution in [2.75, 3.05) is 13.2 Å². The first-order chi connectivity index (χ1) is 10.0. The van der Waals surface area contributed by atoms with E-state index in [1.54, 1.807) is 12.2 Å². The van der Waals surface area contributed by atoms with E-state index in [4.69, 9.17) is 18.9 Å². The van der Waals surface area contributed by atoms with Gasteiger partial charge in [0, 0.05) is 13.8 Å². The van der Waals surface area contributed by atoms with E-state index >= 15 is 0 Å². The maximum atomic E-state index is 11.1. The second-order valence-electron chi connectivity index (χ2n) is 4.88. The number of ether oxygens (including phenoxy) is 4. The van der Waals surface area contributed by atoms with Crippen molar-refractivity contribution in [1.29, 1.82) is 0 Å². The third-order valence-corrected chi connectivity index (χ3v) is 2.92. The Hall–Kier alpha value is -1.40. The molecule has 0 spiro atoms. The van der Waals surface area contributed by atoms with Crippen molar-refractivity contribution in [2.24, 2.45) is 0 Å². The first-order valence-electron chi connectivity index (χ1n) is 7.29. The van der Waals surface area contributed by atoms with Gasteiger partial charge >= 0.3 is 11.9 Å². The normalized spacial score (nSPS) is 24.6. The lowest BCUT2D eigenvalue weighted by atomic mass is 10.1. The van der Waals surface area contributed by atoms with Crippen LogP contribution in [0, 0.1) is 0 Å². The van der Waals surface area contributed by atoms with E-state index in [0.717, 1.165) is 19.3 Å². The number of hydrogen-bond donors (Lipinski definition) is 0. The summed E-state index contributed by atoms with van der Waals surface area (Å²) in [4.78, 5) is 22.0. The summed E-state index contributed by atoms with van der Waals surface area (Å²) in [5.74, 6) is -0.821. The predicted molar refractivity (Wildman–Crippen MR) is 75.5 cm³/mol. The van der Waals surface area contributed by atoms with Crippen LogP contribution in [0.25, 0.3) is 0 Å². The summed E-state index contributed by atoms with van der Waals surface area (Å²) in [7, 11) is 0. The molecule has 0 bridgehead atoms. The van der Waals surface area contributed by atoms with E-state index in [9.17, 15) is 9.59 Å². The zero-order valence-corrected chi connectivity index (χ0v) is 12.9. The molecule has 0 saturated heterocycles. The van der Waals surface area contributed by atoms with Crippen LogP contribution in [0.3, 0.4) is 0 Å². The molecule has 1 heterocycles. The summed E-state index contributed by atoms with van der Waals surface area (Å²) < 4.78 is 21.3. The van der Waals surface area contributed by atoms with Crippen LogP contribution < -0.4 is 0 Å². The predicted octanol–water partition coefficient (Wildman–Crippen LogP) is 1.97. The Morgan fingerprint density at radius 2 is 1.90 bits per heavy atom. The Bertz CT molecular complexity index is 365. The number of esters is 2. The van der Waals surface area contributed by atoms with Gasteiger partial charge in [-0.1, -0.05) is 19.8 Å². The van der Waals surface area contributed by atoms with Gasteiger partial charge in [-0.15, -0.1) is 0 Å². The van der Waals surface area contributed by atoms with Gasteiger partial charge in [0.2, 0.25) is 0 Å². The second-order valence-corrected chi connectivity index (χ2v) is 4.88. The molecule has 0 saturated carbocycles. The zero-order valence-electron chi connectivity index (χ0n) is 12.9. The fourth-order valence-electron chi connectivity index (χ4n) is 1.91. The minimum Gasteiger partial charge on any atom is -0.463 e. The second kappa shape index (κ2) is 9.52. The first-order valence-corrected chi connectivity index (χ1v) is 7.29. The molecule has 120 valence electrons. The quantitative estimate of drug-likeness (QED) is 0.388. The van der Waals surface area contributed by atoms with Crippen molar-refractivity contribution >= 4 is 11.9 Å². The maximum Gasteiger partial charge on any atom is 0.303 e. The van der Waals surface area contributed by atoms with Crippen LogP contribution in [0.5, 0.6) is 0 Å². The summed E-state index contributed by atoms with van der Waals surface area (Å²) >= 11 is 0. The lowest BCUT2D eigenvalue weighted by Crippen LogP contribution is -2.42. The highest BCUT2D eigenvalue weighted by atomic mass is 16.7. The molecule has 1 aliphatic rings. The van der Waals surface area contributed by atoms with E-state index < -0.39 is 30.4 Å². The number of unbranched alkanes of at least 4 members (excludes halogenated alkanes) is 2. The van der Waals surface area contributed by atoms with E-state index in [-0.39, 0.29) is 6.61 Å². The zero-order chi connectivity index (χ0) is 15.7. The molecule has 6 heteroatoms. The van der Waals surface area contributed by atoms with Crippen molar-refractivity contribution in [2.45, 2.75) is 58.5 Å². The van der Waals surface area contributed by atoms with Crippen molar-refractivity contribution in [3.8, 4) is 0 Å². The Morgan fingerprint density at radius 3 is 2.52 bits per heavy atom. The molecule has 0 unspecified atom stereocenters. The molecule has 0 amide bonds. The van der Waals surface area contributed by atoms with Gasteiger partial charge in [-0.3, -0.25) is 9.59 Å². The largest absolute Gasteiger partial charge is 0.463 e. The third-order valence-electron chi connectivity index (χ3n) is 2.92. The van der Waals surface area contributed by atoms with Crippen LogP contribution in [-0.4, -0.2) is 43.7 Å². The van der Waals surface area contributed by atoms with E-state index in [1.165, 1.54) is 13.8 Å². The Balaban J connectivity index is 2.51. The van der Waals surface area contributed by atoms with Crippen LogP contribution in [-0.2, 0) is 28.5 Å². The molecule has 21 heavy (non-hydrogen) atoms. The SMILES string of the molecule is CCCCCO[C@@H]1C=C[C@H](OC(C)=O)[C@@H](COC(C)=O)O1. The van der Waals surface area contributed by atoms with Crippen molar-refractivity contribution in [1.82, 2.24) is 0 Å². The topological polar surface area (TPSA) is 71.1 Å². The monoisotopic (exact) mass is 300 g/mol. The van der Waals surface area contributed by atoms with Crippen LogP contribution >= 0.6 is 0 Å². The van der Waals surface area contributed by atoms with E-state index in [1.807, 2.05) is 0 Å². The van der Waals surface area contributed by atoms with Crippen molar-refractivity contribution in [3.63, 3.8) is 0 Å². The van der Waals surface area contributed by atoms with Gasteiger partial charge < -0.3 is 18.9 Å². The van der Waals surface area contributed by atoms with E-state index in [0.29, 0.717) is 6.61 Å². The highest BCUT2D eigenvalue weighted by Crippen LogP contribution is 2.18. The summed E-state index contributed by atoms with van der Waals surface area (Å²) in [5, 5.41) is 0. The molecule has 0 fully saturated rings. The molecule has 0 aromatic heterocycles. The van der Waals surface area contributed by atoms with Crippen LogP contribution in [0.4, 0.5) is 0 Å². The van der Waals surface area contributed by atoms with Gasteiger partial charge in [-0.25, -0.2) is 0 Å². The number of carbonyl (C=O) groups is 2. The average Bonchev–Trinajstić information content (AvgIpc) is 2.42. The molecule has 0 aromatic carbocycles. The summed E-state index contributed by atoms with van der Waals surface area (Å²) in [6.07, 6.45) is 4.97. The molecule has 6 nitrogen and oxygen atoms in total. The average molecular weight is 300 g/mol. The van der Waals surface area contributed by atoms with Crippen LogP contribution in [0.2, 0.25) is 0 Å². The Labute approximate surface area is 125 Å². The lowest BCUT2D eigenvalue weighted by Gasteiger charge is -2.31. The van der Waals surface area contributed by atoms with Gasteiger partial charge in [-0.2, -0.15) is 0 Å². The third kappa shape index (κ3) is 7.24. The van der Waals surface area contributed by atoms with E-state index in [2.05, 4.69) is 6.92 Å². The van der Waals surface area contributed by atoms with Gasteiger partial charge in [0.15, 0.2) is 6.29 Å². The molecule has 1 aliphatic heterocycles. The molecule has 0 aliphatic carbocycles. The number of carbonyl (C=O) groups excluding carboxylic acids is 2. The van der Waals surface area contributed by atoms with Gasteiger partial charge in [-0.05, 0) is 18.6 Å². The molecule has 0 radical (unpaired) electrons. The fraction of sp³-hybridized carbons (Fsp3) is 0.733. The van der Waals surface area contributed by atoms with Crippen LogP contribution in [0.15, 0.2) is 12.2 Å². The molecular formula is C15H24O6. The minimum absolute atomic E-state index is 0.0203. The summed E-state index contributed by atoms with van der Waals surface area (Å²) in [6, 6.07) is 0. The Morgan fingerprint density at radius 1 is 1.14 bits per heavy atom. The smallest absolute Gasteiger partial charge is 0.303 e. The summed E-state index contributed by atoms with van der Waals surface area (Å²) in [5.41, 5.74) is 0. The molecular weight excluding hydrogens is 276 g/mol. The molecule has 1 rings (SSSR count). The Kier molecular flexibility index (Phi) is 8.00. The summed E-state index contributed by atoms with van der Waals surface area (Å²) in [6.45, 7) is 5.38. The van der Waals surface area contributed by atoms with Gasteiger partial charge in [0.05, 0.1) is 6.61 Å². The standard InChI is InChI=1S/C15H24O6/c1-4-5-6-9-18-15-8-7-13(20-12(3)17)14(21-15)10-19-11(2)16/h7-8,13-15H,4-6,9-10H2,1-3H3/t13-,14+,15-/m0/s1. The first kappa shape index (κ1) is 17.7. The molecule has 0 N–H and O–H groups in total.